The number of hydrogen-bond acceptors (Lipinski definition) is 4. The Morgan fingerprint density at radius 2 is 1.95 bits per heavy atom. The third-order valence-electron chi connectivity index (χ3n) is 3.35. The van der Waals surface area contributed by atoms with Crippen LogP contribution < -0.4 is 4.72 Å². The maximum atomic E-state index is 12.4. The molecule has 0 aliphatic heterocycles. The van der Waals surface area contributed by atoms with Crippen LogP contribution in [0.25, 0.3) is 0 Å². The molecule has 21 heavy (non-hydrogen) atoms. The first kappa shape index (κ1) is 15.7. The number of aromatic nitrogens is 2. The van der Waals surface area contributed by atoms with E-state index in [4.69, 9.17) is 5.11 Å². The zero-order valence-corrected chi connectivity index (χ0v) is 13.1. The quantitative estimate of drug-likeness (QED) is 0.863. The predicted octanol–water partition coefficient (Wildman–Crippen LogP) is 1.01. The van der Waals surface area contributed by atoms with E-state index >= 15 is 0 Å². The molecule has 0 saturated carbocycles. The van der Waals surface area contributed by atoms with Crippen LogP contribution in [-0.2, 0) is 30.2 Å². The summed E-state index contributed by atoms with van der Waals surface area (Å²) in [6, 6.07) is 7.15. The van der Waals surface area contributed by atoms with Gasteiger partial charge in [0.15, 0.2) is 0 Å². The van der Waals surface area contributed by atoms with Crippen molar-refractivity contribution >= 4 is 10.0 Å². The Balaban J connectivity index is 2.22. The molecule has 0 aliphatic carbocycles. The van der Waals surface area contributed by atoms with Gasteiger partial charge in [0.05, 0.1) is 18.0 Å². The van der Waals surface area contributed by atoms with Crippen LogP contribution in [0.5, 0.6) is 0 Å². The second-order valence-corrected chi connectivity index (χ2v) is 6.63. The molecule has 0 atom stereocenters. The molecule has 1 heterocycles. The zero-order chi connectivity index (χ0) is 15.6. The highest BCUT2D eigenvalue weighted by Gasteiger charge is 2.23. The van der Waals surface area contributed by atoms with Crippen molar-refractivity contribution < 1.29 is 13.5 Å². The van der Waals surface area contributed by atoms with E-state index in [9.17, 15) is 8.42 Å². The second-order valence-electron chi connectivity index (χ2n) is 4.93. The van der Waals surface area contributed by atoms with E-state index < -0.39 is 10.0 Å². The number of aryl methyl sites for hydroxylation is 2. The third-order valence-corrected chi connectivity index (χ3v) is 5.00. The molecule has 2 aromatic rings. The first-order chi connectivity index (χ1) is 9.85. The predicted molar refractivity (Wildman–Crippen MR) is 79.1 cm³/mol. The van der Waals surface area contributed by atoms with Crippen molar-refractivity contribution in [1.29, 1.82) is 0 Å². The molecule has 7 heteroatoms. The minimum atomic E-state index is -3.61. The van der Waals surface area contributed by atoms with Crippen molar-refractivity contribution in [3.8, 4) is 0 Å². The first-order valence-corrected chi connectivity index (χ1v) is 8.02. The molecule has 0 bridgehead atoms. The van der Waals surface area contributed by atoms with E-state index in [2.05, 4.69) is 9.82 Å². The van der Waals surface area contributed by atoms with Gasteiger partial charge in [-0.15, -0.1) is 0 Å². The number of rotatable bonds is 5. The second kappa shape index (κ2) is 5.97. The Morgan fingerprint density at radius 1 is 1.29 bits per heavy atom. The van der Waals surface area contributed by atoms with Crippen molar-refractivity contribution in [3.63, 3.8) is 0 Å². The Kier molecular flexibility index (Phi) is 4.46. The third kappa shape index (κ3) is 3.31. The van der Waals surface area contributed by atoms with Gasteiger partial charge in [-0.3, -0.25) is 4.68 Å². The Bertz CT molecular complexity index is 751. The van der Waals surface area contributed by atoms with E-state index in [0.717, 1.165) is 11.1 Å². The van der Waals surface area contributed by atoms with E-state index in [0.29, 0.717) is 11.4 Å². The molecular weight excluding hydrogens is 290 g/mol. The van der Waals surface area contributed by atoms with Gasteiger partial charge in [-0.1, -0.05) is 24.3 Å². The molecule has 0 aliphatic rings. The molecule has 0 unspecified atom stereocenters. The van der Waals surface area contributed by atoms with E-state index in [1.807, 2.05) is 6.07 Å². The summed E-state index contributed by atoms with van der Waals surface area (Å²) in [5.41, 5.74) is 2.63. The topological polar surface area (TPSA) is 84.2 Å². The van der Waals surface area contributed by atoms with Gasteiger partial charge in [0.1, 0.15) is 4.90 Å². The largest absolute Gasteiger partial charge is 0.392 e. The van der Waals surface area contributed by atoms with E-state index in [-0.39, 0.29) is 18.0 Å². The van der Waals surface area contributed by atoms with Gasteiger partial charge in [-0.05, 0) is 25.0 Å². The molecular formula is C14H19N3O3S. The Labute approximate surface area is 124 Å². The standard InChI is InChI=1S/C14H19N3O3S/c1-10-14(11(2)17(3)16-10)21(19,20)15-8-12-5-4-6-13(7-12)9-18/h4-7,15,18H,8-9H2,1-3H3. The lowest BCUT2D eigenvalue weighted by molar-refractivity contribution is 0.281. The molecule has 1 aromatic heterocycles. The number of benzene rings is 1. The molecule has 0 spiro atoms. The van der Waals surface area contributed by atoms with Gasteiger partial charge in [0, 0.05) is 13.6 Å². The average molecular weight is 309 g/mol. The number of aliphatic hydroxyl groups is 1. The lowest BCUT2D eigenvalue weighted by atomic mass is 10.1. The molecule has 0 radical (unpaired) electrons. The van der Waals surface area contributed by atoms with Crippen LogP contribution in [-0.4, -0.2) is 23.3 Å². The van der Waals surface area contributed by atoms with Crippen LogP contribution in [0.3, 0.4) is 0 Å². The molecule has 0 amide bonds. The molecule has 0 saturated heterocycles. The zero-order valence-electron chi connectivity index (χ0n) is 12.3. The number of aliphatic hydroxyl groups excluding tert-OH is 1. The fraction of sp³-hybridized carbons (Fsp3) is 0.357. The first-order valence-electron chi connectivity index (χ1n) is 6.53. The maximum Gasteiger partial charge on any atom is 0.244 e. The molecule has 2 rings (SSSR count). The highest BCUT2D eigenvalue weighted by Crippen LogP contribution is 2.18. The summed E-state index contributed by atoms with van der Waals surface area (Å²) >= 11 is 0. The minimum absolute atomic E-state index is 0.0680. The molecule has 0 fully saturated rings. The minimum Gasteiger partial charge on any atom is -0.392 e. The number of nitrogens with zero attached hydrogens (tertiary/aromatic N) is 2. The summed E-state index contributed by atoms with van der Waals surface area (Å²) in [7, 11) is -1.90. The van der Waals surface area contributed by atoms with Crippen molar-refractivity contribution in [3.05, 3.63) is 46.8 Å². The van der Waals surface area contributed by atoms with Gasteiger partial charge < -0.3 is 5.11 Å². The summed E-state index contributed by atoms with van der Waals surface area (Å²) in [6.07, 6.45) is 0. The van der Waals surface area contributed by atoms with E-state index in [1.165, 1.54) is 0 Å². The van der Waals surface area contributed by atoms with Gasteiger partial charge in [0.2, 0.25) is 10.0 Å². The molecule has 1 aromatic carbocycles. The summed E-state index contributed by atoms with van der Waals surface area (Å²) < 4.78 is 28.9. The SMILES string of the molecule is Cc1nn(C)c(C)c1S(=O)(=O)NCc1cccc(CO)c1. The summed E-state index contributed by atoms with van der Waals surface area (Å²) in [5.74, 6) is 0. The monoisotopic (exact) mass is 309 g/mol. The normalized spacial score (nSPS) is 11.8. The summed E-state index contributed by atoms with van der Waals surface area (Å²) in [5, 5.41) is 13.2. The highest BCUT2D eigenvalue weighted by molar-refractivity contribution is 7.89. The molecule has 2 N–H and O–H groups in total. The van der Waals surface area contributed by atoms with Crippen molar-refractivity contribution in [2.24, 2.45) is 7.05 Å². The Hall–Kier alpha value is -1.70. The highest BCUT2D eigenvalue weighted by atomic mass is 32.2. The maximum absolute atomic E-state index is 12.4. The van der Waals surface area contributed by atoms with Gasteiger partial charge in [0.25, 0.3) is 0 Å². The van der Waals surface area contributed by atoms with Crippen LogP contribution in [0.1, 0.15) is 22.5 Å². The average Bonchev–Trinajstić information content (AvgIpc) is 2.71. The number of hydrogen-bond donors (Lipinski definition) is 2. The van der Waals surface area contributed by atoms with Crippen LogP contribution in [0.2, 0.25) is 0 Å². The number of sulfonamides is 1. The van der Waals surface area contributed by atoms with Crippen LogP contribution in [0, 0.1) is 13.8 Å². The lowest BCUT2D eigenvalue weighted by Crippen LogP contribution is -2.24. The fourth-order valence-corrected chi connectivity index (χ4v) is 3.68. The smallest absolute Gasteiger partial charge is 0.244 e. The summed E-state index contributed by atoms with van der Waals surface area (Å²) in [6.45, 7) is 3.50. The van der Waals surface area contributed by atoms with Crippen LogP contribution in [0.15, 0.2) is 29.2 Å². The van der Waals surface area contributed by atoms with Crippen LogP contribution >= 0.6 is 0 Å². The Morgan fingerprint density at radius 3 is 2.52 bits per heavy atom. The lowest BCUT2D eigenvalue weighted by Gasteiger charge is -2.08. The van der Waals surface area contributed by atoms with Crippen LogP contribution in [0.4, 0.5) is 0 Å². The molecule has 6 nitrogen and oxygen atoms in total. The number of nitrogens with one attached hydrogen (secondary N) is 1. The van der Waals surface area contributed by atoms with Crippen molar-refractivity contribution in [2.75, 3.05) is 0 Å². The fourth-order valence-electron chi connectivity index (χ4n) is 2.23. The molecule has 114 valence electrons. The van der Waals surface area contributed by atoms with Gasteiger partial charge >= 0.3 is 0 Å². The van der Waals surface area contributed by atoms with Crippen molar-refractivity contribution in [1.82, 2.24) is 14.5 Å². The van der Waals surface area contributed by atoms with Gasteiger partial charge in [-0.25, -0.2) is 13.1 Å². The van der Waals surface area contributed by atoms with Crippen molar-refractivity contribution in [2.45, 2.75) is 31.9 Å². The summed E-state index contributed by atoms with van der Waals surface area (Å²) in [4.78, 5) is 0.225. The van der Waals surface area contributed by atoms with Gasteiger partial charge in [-0.2, -0.15) is 5.10 Å². The van der Waals surface area contributed by atoms with E-state index in [1.54, 1.807) is 43.8 Å².